The Morgan fingerprint density at radius 3 is 2.71 bits per heavy atom. The van der Waals surface area contributed by atoms with Gasteiger partial charge in [0.1, 0.15) is 35.3 Å². The van der Waals surface area contributed by atoms with Gasteiger partial charge in [-0.3, -0.25) is 9.13 Å². The van der Waals surface area contributed by atoms with Crippen LogP contribution in [0.4, 0.5) is 5.69 Å². The van der Waals surface area contributed by atoms with E-state index in [9.17, 15) is 4.57 Å². The van der Waals surface area contributed by atoms with Gasteiger partial charge in [-0.15, -0.1) is 0 Å². The van der Waals surface area contributed by atoms with Crippen molar-refractivity contribution in [2.75, 3.05) is 18.3 Å². The van der Waals surface area contributed by atoms with E-state index >= 15 is 0 Å². The highest BCUT2D eigenvalue weighted by Gasteiger charge is 2.56. The molecule has 0 radical (unpaired) electrons. The third kappa shape index (κ3) is 5.37. The van der Waals surface area contributed by atoms with Crippen LogP contribution in [0.5, 0.6) is 0 Å². The third-order valence-electron chi connectivity index (χ3n) is 5.77. The molecule has 188 valence electrons. The summed E-state index contributed by atoms with van der Waals surface area (Å²) in [6, 6.07) is 11.7. The number of anilines is 1. The van der Waals surface area contributed by atoms with Crippen LogP contribution in [-0.2, 0) is 30.1 Å². The molecule has 11 nitrogen and oxygen atoms in total. The second-order valence-corrected chi connectivity index (χ2v) is 10.9. The standard InChI is InChI=1S/C22H26ClN4O7P/c1-22(2)33-18-15(10-31-12-35(28,29)30)32-21(19(18)34-22)27-11-25-17-14(8-16(23)26-20(17)27)24-9-13-6-4-3-5-7-13/h3-8,11,15,18-19,21H,9-10,12H2,1-2H3,(H,24,26)(H2,28,29,30)/t15-,18-,19-,21-/m1/s1. The van der Waals surface area contributed by atoms with Gasteiger partial charge in [0.25, 0.3) is 0 Å². The van der Waals surface area contributed by atoms with Gasteiger partial charge in [0.2, 0.25) is 0 Å². The van der Waals surface area contributed by atoms with Gasteiger partial charge >= 0.3 is 7.60 Å². The highest BCUT2D eigenvalue weighted by Crippen LogP contribution is 2.44. The maximum Gasteiger partial charge on any atom is 0.350 e. The molecule has 0 unspecified atom stereocenters. The number of hydrogen-bond acceptors (Lipinski definition) is 8. The molecular weight excluding hydrogens is 499 g/mol. The van der Waals surface area contributed by atoms with Crippen LogP contribution < -0.4 is 5.32 Å². The van der Waals surface area contributed by atoms with E-state index in [4.69, 9.17) is 40.3 Å². The maximum absolute atomic E-state index is 11.2. The van der Waals surface area contributed by atoms with Crippen molar-refractivity contribution in [3.8, 4) is 0 Å². The fourth-order valence-corrected chi connectivity index (χ4v) is 4.93. The number of halogens is 1. The number of rotatable bonds is 8. The van der Waals surface area contributed by atoms with E-state index in [-0.39, 0.29) is 11.8 Å². The zero-order valence-corrected chi connectivity index (χ0v) is 20.7. The lowest BCUT2D eigenvalue weighted by molar-refractivity contribution is -0.201. The smallest absolute Gasteiger partial charge is 0.350 e. The Bertz CT molecular complexity index is 1250. The monoisotopic (exact) mass is 524 g/mol. The van der Waals surface area contributed by atoms with E-state index in [2.05, 4.69) is 15.3 Å². The van der Waals surface area contributed by atoms with Crippen LogP contribution in [0, 0.1) is 0 Å². The highest BCUT2D eigenvalue weighted by molar-refractivity contribution is 7.51. The lowest BCUT2D eigenvalue weighted by atomic mass is 10.1. The van der Waals surface area contributed by atoms with Crippen LogP contribution in [-0.4, -0.2) is 61.4 Å². The molecule has 4 atom stereocenters. The first-order chi connectivity index (χ1) is 16.6. The molecule has 13 heteroatoms. The molecule has 5 rings (SSSR count). The van der Waals surface area contributed by atoms with Crippen molar-refractivity contribution in [3.05, 3.63) is 53.4 Å². The van der Waals surface area contributed by atoms with Gasteiger partial charge in [-0.2, -0.15) is 0 Å². The first kappa shape index (κ1) is 24.6. The van der Waals surface area contributed by atoms with E-state index in [1.165, 1.54) is 0 Å². The summed E-state index contributed by atoms with van der Waals surface area (Å²) in [5.74, 6) is -0.872. The first-order valence-electron chi connectivity index (χ1n) is 11.0. The van der Waals surface area contributed by atoms with Gasteiger partial charge in [0, 0.05) is 12.6 Å². The maximum atomic E-state index is 11.2. The molecule has 35 heavy (non-hydrogen) atoms. The average molecular weight is 525 g/mol. The number of imidazole rings is 1. The molecule has 3 aromatic rings. The van der Waals surface area contributed by atoms with Crippen LogP contribution in [0.25, 0.3) is 11.2 Å². The highest BCUT2D eigenvalue weighted by atomic mass is 35.5. The van der Waals surface area contributed by atoms with Crippen LogP contribution in [0.1, 0.15) is 25.6 Å². The Hall–Kier alpha value is -2.08. The van der Waals surface area contributed by atoms with Gasteiger partial charge in [0.15, 0.2) is 17.7 Å². The molecule has 0 bridgehead atoms. The van der Waals surface area contributed by atoms with Crippen molar-refractivity contribution in [3.63, 3.8) is 0 Å². The number of benzene rings is 1. The summed E-state index contributed by atoms with van der Waals surface area (Å²) in [5, 5.41) is 3.65. The lowest BCUT2D eigenvalue weighted by Crippen LogP contribution is -2.33. The van der Waals surface area contributed by atoms with Crippen LogP contribution >= 0.6 is 19.2 Å². The molecular formula is C22H26ClN4O7P. The van der Waals surface area contributed by atoms with E-state index in [1.54, 1.807) is 30.8 Å². The van der Waals surface area contributed by atoms with Gasteiger partial charge in [-0.05, 0) is 19.4 Å². The van der Waals surface area contributed by atoms with E-state index in [0.29, 0.717) is 17.7 Å². The Kier molecular flexibility index (Phi) is 6.62. The number of aromatic nitrogens is 3. The van der Waals surface area contributed by atoms with Gasteiger partial charge in [-0.25, -0.2) is 9.97 Å². The summed E-state index contributed by atoms with van der Waals surface area (Å²) < 4.78 is 36.5. The van der Waals surface area contributed by atoms with Crippen molar-refractivity contribution in [2.45, 2.75) is 50.7 Å². The fourth-order valence-electron chi connectivity index (χ4n) is 4.40. The molecule has 1 aromatic carbocycles. The Morgan fingerprint density at radius 2 is 1.97 bits per heavy atom. The first-order valence-corrected chi connectivity index (χ1v) is 13.2. The van der Waals surface area contributed by atoms with Gasteiger partial charge in [0.05, 0.1) is 18.6 Å². The van der Waals surface area contributed by atoms with Crippen molar-refractivity contribution >= 4 is 36.0 Å². The lowest BCUT2D eigenvalue weighted by Gasteiger charge is -2.24. The van der Waals surface area contributed by atoms with Crippen LogP contribution in [0.2, 0.25) is 5.15 Å². The fraction of sp³-hybridized carbons (Fsp3) is 0.455. The Morgan fingerprint density at radius 1 is 1.23 bits per heavy atom. The largest absolute Gasteiger partial charge is 0.379 e. The number of ether oxygens (including phenoxy) is 4. The van der Waals surface area contributed by atoms with E-state index in [0.717, 1.165) is 11.3 Å². The zero-order chi connectivity index (χ0) is 24.8. The molecule has 2 fully saturated rings. The molecule has 0 aliphatic carbocycles. The molecule has 2 aromatic heterocycles. The van der Waals surface area contributed by atoms with Gasteiger partial charge < -0.3 is 34.1 Å². The topological polar surface area (TPSA) is 137 Å². The summed E-state index contributed by atoms with van der Waals surface area (Å²) in [4.78, 5) is 27.2. The number of nitrogens with zero attached hydrogens (tertiary/aromatic N) is 3. The Balaban J connectivity index is 1.41. The van der Waals surface area contributed by atoms with Crippen molar-refractivity contribution in [1.29, 1.82) is 0 Å². The van der Waals surface area contributed by atoms with Crippen molar-refractivity contribution in [2.24, 2.45) is 0 Å². The van der Waals surface area contributed by atoms with Crippen LogP contribution in [0.3, 0.4) is 0 Å². The Labute approximate surface area is 206 Å². The molecule has 0 saturated carbocycles. The minimum Gasteiger partial charge on any atom is -0.379 e. The van der Waals surface area contributed by atoms with Crippen molar-refractivity contribution < 1.29 is 33.3 Å². The molecule has 2 aliphatic heterocycles. The summed E-state index contributed by atoms with van der Waals surface area (Å²) in [6.45, 7) is 4.09. The second-order valence-electron chi connectivity index (χ2n) is 8.95. The quantitative estimate of drug-likeness (QED) is 0.297. The molecule has 2 aliphatic rings. The minimum absolute atomic E-state index is 0.0765. The van der Waals surface area contributed by atoms with E-state index in [1.807, 2.05) is 30.3 Å². The van der Waals surface area contributed by atoms with Gasteiger partial charge in [-0.1, -0.05) is 41.9 Å². The average Bonchev–Trinajstić information content (AvgIpc) is 3.43. The molecule has 0 spiro atoms. The third-order valence-corrected chi connectivity index (χ3v) is 6.48. The number of hydrogen-bond donors (Lipinski definition) is 3. The summed E-state index contributed by atoms with van der Waals surface area (Å²) in [6.07, 6.45) is -1.42. The second kappa shape index (κ2) is 9.42. The SMILES string of the molecule is CC1(C)O[C@@H]2[C@H](O1)[C@@H](COCP(=O)(O)O)O[C@H]2n1cnc2c(NCc3ccccc3)cc(Cl)nc21. The molecule has 4 heterocycles. The number of nitrogens with one attached hydrogen (secondary N) is 1. The molecule has 2 saturated heterocycles. The minimum atomic E-state index is -4.31. The number of fused-ring (bicyclic) bond motifs is 2. The normalized spacial score (nSPS) is 25.7. The zero-order valence-electron chi connectivity index (χ0n) is 19.1. The summed E-state index contributed by atoms with van der Waals surface area (Å²) >= 11 is 6.35. The summed E-state index contributed by atoms with van der Waals surface area (Å²) in [5.41, 5.74) is 2.95. The molecule has 0 amide bonds. The number of pyridine rings is 1. The van der Waals surface area contributed by atoms with E-state index < -0.39 is 44.3 Å². The predicted molar refractivity (Wildman–Crippen MR) is 127 cm³/mol. The van der Waals surface area contributed by atoms with Crippen molar-refractivity contribution in [1.82, 2.24) is 14.5 Å². The predicted octanol–water partition coefficient (Wildman–Crippen LogP) is 3.27. The summed E-state index contributed by atoms with van der Waals surface area (Å²) in [7, 11) is -4.31. The van der Waals surface area contributed by atoms with Crippen LogP contribution in [0.15, 0.2) is 42.7 Å². The molecule has 3 N–H and O–H groups in total.